The number of nitrogens with zero attached hydrogens (tertiary/aromatic N) is 2. The van der Waals surface area contributed by atoms with Gasteiger partial charge in [0.2, 0.25) is 11.5 Å². The second kappa shape index (κ2) is 9.25. The molecule has 0 bridgehead atoms. The minimum Gasteiger partial charge on any atom is -0.400 e. The largest absolute Gasteiger partial charge is 0.498 e. The van der Waals surface area contributed by atoms with E-state index in [-0.39, 0.29) is 31.3 Å². The molecule has 1 heterocycles. The smallest absolute Gasteiger partial charge is 0.400 e. The van der Waals surface area contributed by atoms with E-state index in [0.29, 0.717) is 21.3 Å². The molecule has 0 fully saturated rings. The highest BCUT2D eigenvalue weighted by Crippen LogP contribution is 2.68. The molecule has 1 aliphatic rings. The van der Waals surface area contributed by atoms with Crippen LogP contribution in [0, 0.1) is 20.2 Å². The summed E-state index contributed by atoms with van der Waals surface area (Å²) in [4.78, 5) is 22.4. The highest BCUT2D eigenvalue weighted by Gasteiger charge is 2.41. The van der Waals surface area contributed by atoms with Crippen LogP contribution in [0.4, 0.5) is 11.4 Å². The van der Waals surface area contributed by atoms with E-state index in [1.807, 2.05) is 0 Å². The fraction of sp³-hybridized carbons (Fsp3) is 0. The molecule has 3 aromatic rings. The van der Waals surface area contributed by atoms with Gasteiger partial charge in [-0.25, -0.2) is 4.57 Å². The van der Waals surface area contributed by atoms with Gasteiger partial charge in [0.25, 0.3) is 0 Å². The predicted molar refractivity (Wildman–Crippen MR) is 127 cm³/mol. The topological polar surface area (TPSA) is 122 Å². The summed E-state index contributed by atoms with van der Waals surface area (Å²) in [6.07, 6.45) is 0. The maximum absolute atomic E-state index is 13.9. The lowest BCUT2D eigenvalue weighted by molar-refractivity contribution is -0.385. The molecule has 0 saturated carbocycles. The number of nitro benzene ring substituents is 2. The molecule has 15 heteroatoms. The Labute approximate surface area is 208 Å². The Bertz CT molecular complexity index is 1280. The zero-order valence-electron chi connectivity index (χ0n) is 15.8. The van der Waals surface area contributed by atoms with Gasteiger partial charge in [0.15, 0.2) is 0 Å². The number of nitro groups is 2. The lowest BCUT2D eigenvalue weighted by Gasteiger charge is -2.24. The molecule has 3 aromatic carbocycles. The van der Waals surface area contributed by atoms with Crippen LogP contribution in [0.1, 0.15) is 0 Å². The lowest BCUT2D eigenvalue weighted by Crippen LogP contribution is -2.06. The Hall–Kier alpha value is -2.14. The van der Waals surface area contributed by atoms with E-state index in [9.17, 15) is 24.8 Å². The quantitative estimate of drug-likeness (QED) is 0.175. The van der Waals surface area contributed by atoms with Crippen LogP contribution in [-0.2, 0) is 4.57 Å². The van der Waals surface area contributed by atoms with Crippen molar-refractivity contribution >= 4 is 76.1 Å². The van der Waals surface area contributed by atoms with Crippen molar-refractivity contribution in [3.8, 4) is 11.5 Å². The Kier molecular flexibility index (Phi) is 6.73. The van der Waals surface area contributed by atoms with E-state index >= 15 is 0 Å². The summed E-state index contributed by atoms with van der Waals surface area (Å²) >= 11 is 19.4. The van der Waals surface area contributed by atoms with E-state index in [2.05, 4.69) is 0 Å². The molecule has 0 radical (unpaired) electrons. The zero-order valence-corrected chi connectivity index (χ0v) is 20.6. The third-order valence-corrected chi connectivity index (χ3v) is 9.05. The monoisotopic (exact) mass is 564 g/mol. The van der Waals surface area contributed by atoms with Gasteiger partial charge in [0.1, 0.15) is 0 Å². The molecule has 0 N–H and O–H groups in total. The van der Waals surface area contributed by atoms with Crippen molar-refractivity contribution in [2.75, 3.05) is 0 Å². The van der Waals surface area contributed by atoms with Crippen LogP contribution in [-0.4, -0.2) is 9.85 Å². The van der Waals surface area contributed by atoms with Gasteiger partial charge in [-0.05, 0) is 36.4 Å². The Morgan fingerprint density at radius 1 is 0.788 bits per heavy atom. The fourth-order valence-corrected chi connectivity index (χ4v) is 7.90. The summed E-state index contributed by atoms with van der Waals surface area (Å²) in [5.41, 5.74) is -1.10. The molecule has 0 atom stereocenters. The van der Waals surface area contributed by atoms with Gasteiger partial charge in [-0.1, -0.05) is 46.6 Å². The third-order valence-electron chi connectivity index (χ3n) is 4.05. The van der Waals surface area contributed by atoms with E-state index in [4.69, 9.17) is 43.9 Å². The Morgan fingerprint density at radius 2 is 1.24 bits per heavy atom. The van der Waals surface area contributed by atoms with Crippen LogP contribution in [0.15, 0.2) is 63.2 Å². The maximum Gasteiger partial charge on any atom is 0.498 e. The van der Waals surface area contributed by atoms with Gasteiger partial charge in [-0.3, -0.25) is 20.2 Å². The molecule has 33 heavy (non-hydrogen) atoms. The first-order valence-electron chi connectivity index (χ1n) is 8.63. The van der Waals surface area contributed by atoms with Gasteiger partial charge in [0.05, 0.1) is 19.6 Å². The first-order chi connectivity index (χ1) is 15.5. The molecule has 0 unspecified atom stereocenters. The van der Waals surface area contributed by atoms with E-state index in [1.54, 1.807) is 0 Å². The molecule has 170 valence electrons. The van der Waals surface area contributed by atoms with Crippen molar-refractivity contribution in [3.63, 3.8) is 0 Å². The van der Waals surface area contributed by atoms with Crippen molar-refractivity contribution in [1.82, 2.24) is 0 Å². The zero-order chi connectivity index (χ0) is 23.9. The molecule has 0 amide bonds. The first-order valence-corrected chi connectivity index (χ1v) is 13.5. The molecular weight excluding hydrogens is 558 g/mol. The van der Waals surface area contributed by atoms with Crippen molar-refractivity contribution < 1.29 is 23.5 Å². The van der Waals surface area contributed by atoms with Crippen molar-refractivity contribution in [1.29, 1.82) is 0 Å². The van der Waals surface area contributed by atoms with Crippen molar-refractivity contribution in [2.45, 2.75) is 14.7 Å². The summed E-state index contributed by atoms with van der Waals surface area (Å²) in [5, 5.41) is 23.8. The van der Waals surface area contributed by atoms with Gasteiger partial charge in [0, 0.05) is 43.5 Å². The maximum atomic E-state index is 13.9. The second-order valence-electron chi connectivity index (χ2n) is 6.30. The number of fused-ring (bicyclic) bond motifs is 2. The molecule has 9 nitrogen and oxygen atoms in total. The summed E-state index contributed by atoms with van der Waals surface area (Å²) in [6.45, 7) is -4.38. The molecule has 1 aliphatic heterocycles. The van der Waals surface area contributed by atoms with Crippen LogP contribution in [0.3, 0.4) is 0 Å². The number of halogens is 3. The lowest BCUT2D eigenvalue weighted by atomic mass is 10.3. The summed E-state index contributed by atoms with van der Waals surface area (Å²) < 4.78 is 25.1. The Balaban J connectivity index is 1.96. The average Bonchev–Trinajstić information content (AvgIpc) is 2.72. The van der Waals surface area contributed by atoms with Gasteiger partial charge < -0.3 is 9.05 Å². The number of rotatable bonds is 4. The molecule has 0 spiro atoms. The molecular formula is C18H8Cl3N2O7PS2. The highest BCUT2D eigenvalue weighted by atomic mass is 35.5. The molecule has 0 saturated heterocycles. The molecule has 4 rings (SSSR count). The molecule has 0 aromatic heterocycles. The third kappa shape index (κ3) is 5.18. The minimum absolute atomic E-state index is 0.0105. The van der Waals surface area contributed by atoms with E-state index in [1.165, 1.54) is 36.4 Å². The standard InChI is InChI=1S/C18H8Cl3N2O7PS2/c19-9-1-3-12(4-2-9)33-31(28)29-17-13(22(24)25)5-10(20)7-15(17)32-16-8-11(21)6-14(23(26)27)18(16)30-31/h1-8H. The number of benzene rings is 3. The minimum atomic E-state index is -4.38. The van der Waals surface area contributed by atoms with Gasteiger partial charge in [-0.2, -0.15) is 0 Å². The van der Waals surface area contributed by atoms with Crippen LogP contribution in [0.5, 0.6) is 11.5 Å². The predicted octanol–water partition coefficient (Wildman–Crippen LogP) is 8.29. The van der Waals surface area contributed by atoms with Crippen LogP contribution in [0.2, 0.25) is 15.1 Å². The van der Waals surface area contributed by atoms with Crippen LogP contribution < -0.4 is 9.05 Å². The van der Waals surface area contributed by atoms with Gasteiger partial charge >= 0.3 is 18.2 Å². The highest BCUT2D eigenvalue weighted by molar-refractivity contribution is 8.55. The summed E-state index contributed by atoms with van der Waals surface area (Å²) in [7, 11) is 0. The number of hydrogen-bond donors (Lipinski definition) is 0. The van der Waals surface area contributed by atoms with Crippen LogP contribution in [0.25, 0.3) is 0 Å². The normalized spacial score (nSPS) is 14.0. The molecule has 0 aliphatic carbocycles. The fourth-order valence-electron chi connectivity index (χ4n) is 2.74. The van der Waals surface area contributed by atoms with Crippen molar-refractivity contribution in [2.24, 2.45) is 0 Å². The van der Waals surface area contributed by atoms with E-state index < -0.39 is 28.0 Å². The first kappa shape index (κ1) is 24.0. The number of hydrogen-bond acceptors (Lipinski definition) is 9. The van der Waals surface area contributed by atoms with Crippen LogP contribution >= 0.6 is 64.7 Å². The average molecular weight is 566 g/mol. The SMILES string of the molecule is O=[N+]([O-])c1cc(Cl)cc2c1OP(=O)(Sc1ccc(Cl)cc1)Oc1c(cc(Cl)cc1[N+](=O)[O-])S2. The van der Waals surface area contributed by atoms with E-state index in [0.717, 1.165) is 23.9 Å². The Morgan fingerprint density at radius 3 is 1.67 bits per heavy atom. The van der Waals surface area contributed by atoms with Crippen molar-refractivity contribution in [3.05, 3.63) is 83.8 Å². The van der Waals surface area contributed by atoms with Gasteiger partial charge in [-0.15, -0.1) is 0 Å². The second-order valence-corrected chi connectivity index (χ2v) is 12.5. The summed E-state index contributed by atoms with van der Waals surface area (Å²) in [5.74, 6) is -0.708. The summed E-state index contributed by atoms with van der Waals surface area (Å²) in [6, 6.07) is 10.9.